The van der Waals surface area contributed by atoms with Gasteiger partial charge in [0, 0.05) is 13.1 Å². The predicted molar refractivity (Wildman–Crippen MR) is 87.1 cm³/mol. The second-order valence-corrected chi connectivity index (χ2v) is 5.95. The van der Waals surface area contributed by atoms with Gasteiger partial charge in [0.2, 0.25) is 0 Å². The van der Waals surface area contributed by atoms with Crippen LogP contribution in [0.5, 0.6) is 5.75 Å². The van der Waals surface area contributed by atoms with Gasteiger partial charge in [-0.1, -0.05) is 21.5 Å². The van der Waals surface area contributed by atoms with Gasteiger partial charge in [-0.05, 0) is 25.1 Å². The molecular formula is C17H15F3N4O4. The fourth-order valence-corrected chi connectivity index (χ4v) is 2.28. The molecule has 2 heterocycles. The molecule has 0 fully saturated rings. The molecule has 0 aliphatic carbocycles. The van der Waals surface area contributed by atoms with Gasteiger partial charge in [0.05, 0.1) is 12.1 Å². The number of halogens is 3. The van der Waals surface area contributed by atoms with Crippen LogP contribution >= 0.6 is 0 Å². The van der Waals surface area contributed by atoms with Crippen LogP contribution in [-0.2, 0) is 19.3 Å². The molecule has 1 aromatic carbocycles. The Morgan fingerprint density at radius 2 is 2.00 bits per heavy atom. The van der Waals surface area contributed by atoms with E-state index >= 15 is 0 Å². The van der Waals surface area contributed by atoms with Crippen LogP contribution in [-0.4, -0.2) is 33.3 Å². The summed E-state index contributed by atoms with van der Waals surface area (Å²) in [5, 5.41) is 11.0. The SMILES string of the molecule is Cc1nonc1CN(C)C(=O)c1cc(COc2cccc(C(F)(F)F)c2)on1. The van der Waals surface area contributed by atoms with Gasteiger partial charge >= 0.3 is 6.18 Å². The lowest BCUT2D eigenvalue weighted by Gasteiger charge is -2.13. The van der Waals surface area contributed by atoms with E-state index in [1.807, 2.05) is 0 Å². The quantitative estimate of drug-likeness (QED) is 0.631. The van der Waals surface area contributed by atoms with E-state index in [-0.39, 0.29) is 30.4 Å². The third kappa shape index (κ3) is 4.48. The van der Waals surface area contributed by atoms with Crippen molar-refractivity contribution in [2.24, 2.45) is 0 Å². The number of carbonyl (C=O) groups is 1. The second kappa shape index (κ2) is 7.71. The lowest BCUT2D eigenvalue weighted by Crippen LogP contribution is -2.26. The largest absolute Gasteiger partial charge is 0.486 e. The Morgan fingerprint density at radius 3 is 2.68 bits per heavy atom. The van der Waals surface area contributed by atoms with Gasteiger partial charge in [-0.25, -0.2) is 4.63 Å². The molecule has 0 aliphatic heterocycles. The van der Waals surface area contributed by atoms with Gasteiger partial charge in [0.25, 0.3) is 5.91 Å². The molecule has 2 aromatic heterocycles. The maximum absolute atomic E-state index is 12.7. The van der Waals surface area contributed by atoms with Crippen molar-refractivity contribution < 1.29 is 31.9 Å². The van der Waals surface area contributed by atoms with Crippen molar-refractivity contribution in [3.8, 4) is 5.75 Å². The normalized spacial score (nSPS) is 11.5. The summed E-state index contributed by atoms with van der Waals surface area (Å²) in [6, 6.07) is 5.81. The standard InChI is InChI=1S/C17H15F3N4O4/c1-10-15(23-28-21-10)8-24(2)16(25)14-7-13(27-22-14)9-26-12-5-3-4-11(6-12)17(18,19)20/h3-7H,8-9H2,1-2H3. The number of carbonyl (C=O) groups excluding carboxylic acids is 1. The van der Waals surface area contributed by atoms with Gasteiger partial charge in [-0.3, -0.25) is 4.79 Å². The van der Waals surface area contributed by atoms with E-state index in [0.717, 1.165) is 12.1 Å². The Labute approximate surface area is 156 Å². The number of hydrogen-bond acceptors (Lipinski definition) is 7. The third-order valence-corrected chi connectivity index (χ3v) is 3.80. The zero-order chi connectivity index (χ0) is 20.3. The second-order valence-electron chi connectivity index (χ2n) is 5.95. The number of alkyl halides is 3. The van der Waals surface area contributed by atoms with Crippen molar-refractivity contribution in [2.45, 2.75) is 26.3 Å². The molecule has 0 N–H and O–H groups in total. The summed E-state index contributed by atoms with van der Waals surface area (Å²) in [4.78, 5) is 13.7. The van der Waals surface area contributed by atoms with Crippen LogP contribution in [0.3, 0.4) is 0 Å². The molecule has 0 aliphatic rings. The van der Waals surface area contributed by atoms with Crippen LogP contribution in [0.15, 0.2) is 39.5 Å². The molecule has 3 aromatic rings. The average molecular weight is 396 g/mol. The lowest BCUT2D eigenvalue weighted by atomic mass is 10.2. The molecule has 28 heavy (non-hydrogen) atoms. The smallest absolute Gasteiger partial charge is 0.416 e. The van der Waals surface area contributed by atoms with E-state index in [1.165, 1.54) is 23.1 Å². The molecule has 0 spiro atoms. The predicted octanol–water partition coefficient (Wildman–Crippen LogP) is 3.24. The van der Waals surface area contributed by atoms with Crippen LogP contribution in [0.25, 0.3) is 0 Å². The average Bonchev–Trinajstić information content (AvgIpc) is 3.28. The van der Waals surface area contributed by atoms with Gasteiger partial charge in [0.15, 0.2) is 11.5 Å². The lowest BCUT2D eigenvalue weighted by molar-refractivity contribution is -0.137. The fraction of sp³-hybridized carbons (Fsp3) is 0.294. The summed E-state index contributed by atoms with van der Waals surface area (Å²) in [5.74, 6) is -0.227. The van der Waals surface area contributed by atoms with E-state index in [9.17, 15) is 18.0 Å². The molecule has 0 atom stereocenters. The van der Waals surface area contributed by atoms with Crippen molar-refractivity contribution in [1.29, 1.82) is 0 Å². The molecular weight excluding hydrogens is 381 g/mol. The Hall–Kier alpha value is -3.37. The first-order chi connectivity index (χ1) is 13.2. The number of hydrogen-bond donors (Lipinski definition) is 0. The monoisotopic (exact) mass is 396 g/mol. The van der Waals surface area contributed by atoms with Crippen LogP contribution in [0.4, 0.5) is 13.2 Å². The number of rotatable bonds is 6. The minimum atomic E-state index is -4.46. The molecule has 1 amide bonds. The number of nitrogens with zero attached hydrogens (tertiary/aromatic N) is 4. The first-order valence-corrected chi connectivity index (χ1v) is 8.03. The summed E-state index contributed by atoms with van der Waals surface area (Å²) in [5.41, 5.74) is 0.277. The first kappa shape index (κ1) is 19.4. The summed E-state index contributed by atoms with van der Waals surface area (Å²) in [7, 11) is 1.55. The first-order valence-electron chi connectivity index (χ1n) is 8.03. The Kier molecular flexibility index (Phi) is 5.34. The maximum Gasteiger partial charge on any atom is 0.416 e. The van der Waals surface area contributed by atoms with Gasteiger partial charge in [0.1, 0.15) is 23.7 Å². The minimum Gasteiger partial charge on any atom is -0.486 e. The fourth-order valence-electron chi connectivity index (χ4n) is 2.28. The highest BCUT2D eigenvalue weighted by Crippen LogP contribution is 2.31. The molecule has 148 valence electrons. The van der Waals surface area contributed by atoms with Crippen molar-refractivity contribution >= 4 is 5.91 Å². The van der Waals surface area contributed by atoms with Gasteiger partial charge < -0.3 is 14.2 Å². The highest BCUT2D eigenvalue weighted by Gasteiger charge is 2.30. The Bertz CT molecular complexity index is 967. The molecule has 0 radical (unpaired) electrons. The number of amides is 1. The van der Waals surface area contributed by atoms with E-state index in [0.29, 0.717) is 11.4 Å². The zero-order valence-electron chi connectivity index (χ0n) is 14.9. The number of ether oxygens (including phenoxy) is 1. The zero-order valence-corrected chi connectivity index (χ0v) is 14.9. The van der Waals surface area contributed by atoms with E-state index in [4.69, 9.17) is 9.26 Å². The number of aryl methyl sites for hydroxylation is 1. The van der Waals surface area contributed by atoms with Crippen LogP contribution in [0, 0.1) is 6.92 Å². The molecule has 8 nitrogen and oxygen atoms in total. The highest BCUT2D eigenvalue weighted by molar-refractivity contribution is 5.92. The van der Waals surface area contributed by atoms with Crippen LogP contribution in [0.2, 0.25) is 0 Å². The molecule has 0 unspecified atom stereocenters. The maximum atomic E-state index is 12.7. The van der Waals surface area contributed by atoms with Gasteiger partial charge in [-0.2, -0.15) is 13.2 Å². The van der Waals surface area contributed by atoms with Crippen LogP contribution in [0.1, 0.15) is 33.2 Å². The molecule has 3 rings (SSSR count). The summed E-state index contributed by atoms with van der Waals surface area (Å²) in [6.45, 7) is 1.68. The highest BCUT2D eigenvalue weighted by atomic mass is 19.4. The van der Waals surface area contributed by atoms with E-state index < -0.39 is 17.6 Å². The molecule has 0 saturated heterocycles. The Morgan fingerprint density at radius 1 is 1.21 bits per heavy atom. The van der Waals surface area contributed by atoms with Crippen LogP contribution < -0.4 is 4.74 Å². The van der Waals surface area contributed by atoms with Crippen molar-refractivity contribution in [3.05, 3.63) is 58.7 Å². The third-order valence-electron chi connectivity index (χ3n) is 3.80. The van der Waals surface area contributed by atoms with Crippen molar-refractivity contribution in [1.82, 2.24) is 20.4 Å². The summed E-state index contributed by atoms with van der Waals surface area (Å²) >= 11 is 0. The topological polar surface area (TPSA) is 94.5 Å². The van der Waals surface area contributed by atoms with Gasteiger partial charge in [-0.15, -0.1) is 0 Å². The van der Waals surface area contributed by atoms with Crippen molar-refractivity contribution in [3.63, 3.8) is 0 Å². The number of aromatic nitrogens is 3. The molecule has 11 heteroatoms. The molecule has 0 bridgehead atoms. The number of benzene rings is 1. The van der Waals surface area contributed by atoms with E-state index in [1.54, 1.807) is 14.0 Å². The summed E-state index contributed by atoms with van der Waals surface area (Å²) in [6.07, 6.45) is -4.46. The van der Waals surface area contributed by atoms with E-state index in [2.05, 4.69) is 20.1 Å². The van der Waals surface area contributed by atoms with Crippen molar-refractivity contribution in [2.75, 3.05) is 7.05 Å². The Balaban J connectivity index is 1.61. The minimum absolute atomic E-state index is 0.0187. The molecule has 0 saturated carbocycles. The summed E-state index contributed by atoms with van der Waals surface area (Å²) < 4.78 is 53.1.